The normalized spacial score (nSPS) is 11.5. The quantitative estimate of drug-likeness (QED) is 0.530. The highest BCUT2D eigenvalue weighted by molar-refractivity contribution is 5.81. The van der Waals surface area contributed by atoms with Gasteiger partial charge in [0.25, 0.3) is 0 Å². The Morgan fingerprint density at radius 2 is 2.04 bits per heavy atom. The highest BCUT2D eigenvalue weighted by Gasteiger charge is 2.18. The zero-order chi connectivity index (χ0) is 17.7. The van der Waals surface area contributed by atoms with Crippen molar-refractivity contribution in [3.8, 4) is 22.8 Å². The van der Waals surface area contributed by atoms with Gasteiger partial charge >= 0.3 is 5.97 Å². The van der Waals surface area contributed by atoms with Gasteiger partial charge in [-0.1, -0.05) is 5.16 Å². The topological polar surface area (TPSA) is 112 Å². The van der Waals surface area contributed by atoms with Crippen LogP contribution in [0, 0.1) is 0 Å². The summed E-state index contributed by atoms with van der Waals surface area (Å²) in [6.07, 6.45) is 0.892. The molecule has 7 nitrogen and oxygen atoms in total. The van der Waals surface area contributed by atoms with Gasteiger partial charge in [-0.15, -0.1) is 0 Å². The molecule has 3 N–H and O–H groups in total. The first-order valence-corrected chi connectivity index (χ1v) is 7.33. The fourth-order valence-electron chi connectivity index (χ4n) is 2.41. The maximum atomic E-state index is 11.0. The number of nitrogens with zero attached hydrogens (tertiary/aromatic N) is 1. The van der Waals surface area contributed by atoms with Gasteiger partial charge in [0.15, 0.2) is 0 Å². The number of aliphatic carboxylic acids is 1. The number of hydrogen-bond donors (Lipinski definition) is 3. The first-order valence-electron chi connectivity index (χ1n) is 7.33. The maximum Gasteiger partial charge on any atom is 0.307 e. The van der Waals surface area contributed by atoms with Crippen LogP contribution in [-0.4, -0.2) is 34.1 Å². The van der Waals surface area contributed by atoms with Gasteiger partial charge in [0.05, 0.1) is 17.7 Å². The van der Waals surface area contributed by atoms with Crippen LogP contribution in [0.25, 0.3) is 11.3 Å². The Morgan fingerprint density at radius 3 is 2.71 bits per heavy atom. The molecule has 1 aromatic carbocycles. The standard InChI is InChI=1S/C17H19NO6/c1-10(18-23-2)3-4-13-5-6-15(24-13)17-11(8-16(21)22)7-12(19)9-14(17)20/h5-7,9,19-20H,3-4,8H2,1-2H3,(H,21,22). The van der Waals surface area contributed by atoms with Crippen molar-refractivity contribution in [1.29, 1.82) is 0 Å². The number of carboxylic acids is 1. The van der Waals surface area contributed by atoms with Gasteiger partial charge in [0.2, 0.25) is 0 Å². The van der Waals surface area contributed by atoms with E-state index < -0.39 is 5.97 Å². The summed E-state index contributed by atoms with van der Waals surface area (Å²) in [5, 5.41) is 32.5. The number of furan rings is 1. The molecule has 1 aromatic heterocycles. The Hall–Kier alpha value is -2.96. The molecule has 2 aromatic rings. The summed E-state index contributed by atoms with van der Waals surface area (Å²) in [5.74, 6) is -0.487. The van der Waals surface area contributed by atoms with Crippen LogP contribution >= 0.6 is 0 Å². The molecule has 1 heterocycles. The van der Waals surface area contributed by atoms with Crippen molar-refractivity contribution in [3.05, 3.63) is 35.6 Å². The number of aryl methyl sites for hydroxylation is 1. The summed E-state index contributed by atoms with van der Waals surface area (Å²) < 4.78 is 5.71. The van der Waals surface area contributed by atoms with Gasteiger partial charge < -0.3 is 24.6 Å². The lowest BCUT2D eigenvalue weighted by Crippen LogP contribution is -2.02. The number of rotatable bonds is 7. The van der Waals surface area contributed by atoms with Crippen LogP contribution in [0.5, 0.6) is 11.5 Å². The lowest BCUT2D eigenvalue weighted by atomic mass is 10.0. The van der Waals surface area contributed by atoms with Crippen molar-refractivity contribution in [2.24, 2.45) is 5.16 Å². The third-order valence-electron chi connectivity index (χ3n) is 3.41. The monoisotopic (exact) mass is 333 g/mol. The molecule has 0 aliphatic carbocycles. The van der Waals surface area contributed by atoms with Crippen LogP contribution in [0.4, 0.5) is 0 Å². The van der Waals surface area contributed by atoms with Crippen LogP contribution in [0.15, 0.2) is 33.8 Å². The van der Waals surface area contributed by atoms with E-state index in [1.807, 2.05) is 6.92 Å². The molecule has 0 spiro atoms. The Morgan fingerprint density at radius 1 is 1.29 bits per heavy atom. The predicted molar refractivity (Wildman–Crippen MR) is 87.3 cm³/mol. The van der Waals surface area contributed by atoms with Crippen molar-refractivity contribution in [2.45, 2.75) is 26.2 Å². The molecule has 0 radical (unpaired) electrons. The Bertz CT molecular complexity index is 762. The maximum absolute atomic E-state index is 11.0. The summed E-state index contributed by atoms with van der Waals surface area (Å²) in [6.45, 7) is 1.84. The molecule has 0 saturated carbocycles. The molecule has 2 rings (SSSR count). The van der Waals surface area contributed by atoms with Gasteiger partial charge in [0.1, 0.15) is 30.1 Å². The molecule has 0 saturated heterocycles. The average Bonchev–Trinajstić information content (AvgIpc) is 2.92. The zero-order valence-corrected chi connectivity index (χ0v) is 13.4. The number of carbonyl (C=O) groups is 1. The minimum Gasteiger partial charge on any atom is -0.508 e. The van der Waals surface area contributed by atoms with Crippen LogP contribution < -0.4 is 0 Å². The molecular weight excluding hydrogens is 314 g/mol. The first kappa shape index (κ1) is 17.4. The lowest BCUT2D eigenvalue weighted by Gasteiger charge is -2.09. The predicted octanol–water partition coefficient (Wildman–Crippen LogP) is 2.94. The van der Waals surface area contributed by atoms with Crippen molar-refractivity contribution in [3.63, 3.8) is 0 Å². The van der Waals surface area contributed by atoms with Crippen molar-refractivity contribution in [1.82, 2.24) is 0 Å². The lowest BCUT2D eigenvalue weighted by molar-refractivity contribution is -0.136. The van der Waals surface area contributed by atoms with Gasteiger partial charge in [-0.05, 0) is 37.1 Å². The van der Waals surface area contributed by atoms with Crippen molar-refractivity contribution in [2.75, 3.05) is 7.11 Å². The summed E-state index contributed by atoms with van der Waals surface area (Å²) in [4.78, 5) is 15.7. The summed E-state index contributed by atoms with van der Waals surface area (Å²) in [5.41, 5.74) is 1.36. The summed E-state index contributed by atoms with van der Waals surface area (Å²) in [6, 6.07) is 5.88. The van der Waals surface area contributed by atoms with Gasteiger partial charge in [-0.2, -0.15) is 0 Å². The fourth-order valence-corrected chi connectivity index (χ4v) is 2.41. The van der Waals surface area contributed by atoms with E-state index in [2.05, 4.69) is 5.16 Å². The van der Waals surface area contributed by atoms with Gasteiger partial charge in [0, 0.05) is 12.5 Å². The molecule has 0 bridgehead atoms. The molecule has 0 fully saturated rings. The van der Waals surface area contributed by atoms with E-state index in [0.29, 0.717) is 24.4 Å². The van der Waals surface area contributed by atoms with E-state index in [4.69, 9.17) is 14.4 Å². The van der Waals surface area contributed by atoms with E-state index in [1.54, 1.807) is 12.1 Å². The molecule has 0 amide bonds. The Kier molecular flexibility index (Phi) is 5.47. The minimum absolute atomic E-state index is 0.203. The molecule has 128 valence electrons. The smallest absolute Gasteiger partial charge is 0.307 e. The number of carboxylic acid groups (broad SMARTS) is 1. The number of aromatic hydroxyl groups is 2. The number of phenolic OH excluding ortho intramolecular Hbond substituents is 2. The fraction of sp³-hybridized carbons (Fsp3) is 0.294. The van der Waals surface area contributed by atoms with Crippen molar-refractivity contribution >= 4 is 11.7 Å². The molecule has 0 atom stereocenters. The SMILES string of the molecule is CON=C(C)CCc1ccc(-c2c(O)cc(O)cc2CC(=O)O)o1. The number of hydrogen-bond acceptors (Lipinski definition) is 6. The molecule has 0 aliphatic rings. The summed E-state index contributed by atoms with van der Waals surface area (Å²) >= 11 is 0. The third-order valence-corrected chi connectivity index (χ3v) is 3.41. The number of oxime groups is 1. The second-order valence-electron chi connectivity index (χ2n) is 5.34. The summed E-state index contributed by atoms with van der Waals surface area (Å²) in [7, 11) is 1.48. The van der Waals surface area contributed by atoms with E-state index in [0.717, 1.165) is 11.8 Å². The molecule has 24 heavy (non-hydrogen) atoms. The highest BCUT2D eigenvalue weighted by Crippen LogP contribution is 2.37. The molecule has 0 aliphatic heterocycles. The first-order chi connectivity index (χ1) is 11.4. The largest absolute Gasteiger partial charge is 0.508 e. The highest BCUT2D eigenvalue weighted by atomic mass is 16.6. The Labute approximate surface area is 138 Å². The molecule has 7 heteroatoms. The van der Waals surface area contributed by atoms with Crippen LogP contribution in [-0.2, 0) is 22.5 Å². The third kappa shape index (κ3) is 4.28. The minimum atomic E-state index is -1.07. The second-order valence-corrected chi connectivity index (χ2v) is 5.34. The second kappa shape index (κ2) is 7.54. The Balaban J connectivity index is 2.29. The molecular formula is C17H19NO6. The molecule has 0 unspecified atom stereocenters. The van der Waals surface area contributed by atoms with E-state index in [-0.39, 0.29) is 29.0 Å². The van der Waals surface area contributed by atoms with E-state index in [1.165, 1.54) is 13.2 Å². The number of phenols is 2. The zero-order valence-electron chi connectivity index (χ0n) is 13.4. The van der Waals surface area contributed by atoms with Crippen LogP contribution in [0.2, 0.25) is 0 Å². The van der Waals surface area contributed by atoms with E-state index in [9.17, 15) is 15.0 Å². The van der Waals surface area contributed by atoms with Gasteiger partial charge in [-0.3, -0.25) is 4.79 Å². The average molecular weight is 333 g/mol. The van der Waals surface area contributed by atoms with Crippen molar-refractivity contribution < 1.29 is 29.4 Å². The van der Waals surface area contributed by atoms with Crippen LogP contribution in [0.3, 0.4) is 0 Å². The van der Waals surface area contributed by atoms with E-state index >= 15 is 0 Å². The number of benzene rings is 1. The van der Waals surface area contributed by atoms with Gasteiger partial charge in [-0.25, -0.2) is 0 Å². The van der Waals surface area contributed by atoms with Crippen LogP contribution in [0.1, 0.15) is 24.7 Å².